The molecule has 0 aliphatic heterocycles. The topological polar surface area (TPSA) is 12.0 Å². The normalized spacial score (nSPS) is 14.2. The fourth-order valence-electron chi connectivity index (χ4n) is 1.36. The third-order valence-electron chi connectivity index (χ3n) is 2.49. The lowest BCUT2D eigenvalue weighted by molar-refractivity contribution is 0.269. The first-order valence-electron chi connectivity index (χ1n) is 5.31. The van der Waals surface area contributed by atoms with Crippen LogP contribution in [0.4, 0.5) is 0 Å². The molecule has 0 heterocycles. The van der Waals surface area contributed by atoms with Gasteiger partial charge in [-0.2, -0.15) is 0 Å². The van der Waals surface area contributed by atoms with Crippen LogP contribution in [0.1, 0.15) is 47.5 Å². The van der Waals surface area contributed by atoms with Crippen molar-refractivity contribution in [2.24, 2.45) is 5.41 Å². The van der Waals surface area contributed by atoms with Gasteiger partial charge in [-0.05, 0) is 24.8 Å². The quantitative estimate of drug-likeness (QED) is 0.644. The van der Waals surface area contributed by atoms with Crippen molar-refractivity contribution in [2.75, 3.05) is 6.54 Å². The highest BCUT2D eigenvalue weighted by Crippen LogP contribution is 2.24. The van der Waals surface area contributed by atoms with Crippen molar-refractivity contribution >= 4 is 0 Å². The van der Waals surface area contributed by atoms with Gasteiger partial charge in [0.25, 0.3) is 0 Å². The minimum Gasteiger partial charge on any atom is -0.313 e. The van der Waals surface area contributed by atoms with Crippen LogP contribution in [0, 0.1) is 5.41 Å². The van der Waals surface area contributed by atoms with Crippen LogP contribution < -0.4 is 5.32 Å². The van der Waals surface area contributed by atoms with Gasteiger partial charge < -0.3 is 5.32 Å². The van der Waals surface area contributed by atoms with E-state index in [2.05, 4.69) is 46.5 Å². The van der Waals surface area contributed by atoms with Crippen LogP contribution in [-0.4, -0.2) is 12.6 Å². The number of nitrogens with one attached hydrogen (secondary N) is 1. The Balaban J connectivity index is 4.18. The second-order valence-electron chi connectivity index (χ2n) is 4.78. The Kier molecular flexibility index (Phi) is 5.31. The highest BCUT2D eigenvalue weighted by molar-refractivity contribution is 4.99. The van der Waals surface area contributed by atoms with Crippen LogP contribution in [0.15, 0.2) is 12.2 Å². The molecule has 1 N–H and O–H groups in total. The second-order valence-corrected chi connectivity index (χ2v) is 4.78. The summed E-state index contributed by atoms with van der Waals surface area (Å²) in [5, 5.41) is 3.53. The lowest BCUT2D eigenvalue weighted by Crippen LogP contribution is -2.40. The van der Waals surface area contributed by atoms with Crippen LogP contribution in [0.2, 0.25) is 0 Å². The number of hydrogen-bond acceptors (Lipinski definition) is 1. The molecule has 0 aromatic rings. The van der Waals surface area contributed by atoms with Crippen LogP contribution >= 0.6 is 0 Å². The lowest BCUT2D eigenvalue weighted by atomic mass is 9.83. The number of rotatable bonds is 5. The van der Waals surface area contributed by atoms with E-state index in [9.17, 15) is 0 Å². The smallest absolute Gasteiger partial charge is 0.0152 e. The Morgan fingerprint density at radius 1 is 1.31 bits per heavy atom. The van der Waals surface area contributed by atoms with E-state index in [1.54, 1.807) is 0 Å². The maximum absolute atomic E-state index is 4.07. The van der Waals surface area contributed by atoms with E-state index in [1.807, 2.05) is 0 Å². The Hall–Kier alpha value is -0.300. The van der Waals surface area contributed by atoms with E-state index in [1.165, 1.54) is 5.57 Å². The predicted octanol–water partition coefficient (Wildman–Crippen LogP) is 3.37. The summed E-state index contributed by atoms with van der Waals surface area (Å²) in [5.74, 6) is 0. The minimum absolute atomic E-state index is 0.328. The molecule has 0 amide bonds. The van der Waals surface area contributed by atoms with Gasteiger partial charge in [-0.3, -0.25) is 0 Å². The lowest BCUT2D eigenvalue weighted by Gasteiger charge is -2.32. The summed E-state index contributed by atoms with van der Waals surface area (Å²) in [5.41, 5.74) is 1.68. The molecule has 0 spiro atoms. The molecule has 0 aromatic heterocycles. The molecule has 1 unspecified atom stereocenters. The van der Waals surface area contributed by atoms with Crippen molar-refractivity contribution in [2.45, 2.75) is 53.5 Å². The maximum Gasteiger partial charge on any atom is 0.0152 e. The van der Waals surface area contributed by atoms with E-state index in [-0.39, 0.29) is 0 Å². The summed E-state index contributed by atoms with van der Waals surface area (Å²) < 4.78 is 0. The molecule has 1 atom stereocenters. The molecule has 1 heteroatoms. The van der Waals surface area contributed by atoms with Gasteiger partial charge in [-0.1, -0.05) is 46.8 Å². The third kappa shape index (κ3) is 5.09. The molecule has 0 aromatic carbocycles. The average molecular weight is 183 g/mol. The van der Waals surface area contributed by atoms with Gasteiger partial charge in [-0.25, -0.2) is 0 Å². The molecule has 0 aliphatic rings. The van der Waals surface area contributed by atoms with Crippen molar-refractivity contribution in [3.05, 3.63) is 12.2 Å². The molecule has 0 saturated carbocycles. The van der Waals surface area contributed by atoms with E-state index in [0.717, 1.165) is 19.4 Å². The average Bonchev–Trinajstić information content (AvgIpc) is 2.01. The summed E-state index contributed by atoms with van der Waals surface area (Å²) in [4.78, 5) is 0. The Bertz CT molecular complexity index is 153. The standard InChI is InChI=1S/C12H25N/c1-7-10(3)9-11(13-8-2)12(4,5)6/h11,13H,3,7-9H2,1-2,4-6H3. The van der Waals surface area contributed by atoms with Crippen molar-refractivity contribution in [3.8, 4) is 0 Å². The molecular weight excluding hydrogens is 158 g/mol. The summed E-state index contributed by atoms with van der Waals surface area (Å²) in [6.07, 6.45) is 2.20. The van der Waals surface area contributed by atoms with E-state index >= 15 is 0 Å². The minimum atomic E-state index is 0.328. The van der Waals surface area contributed by atoms with E-state index < -0.39 is 0 Å². The summed E-state index contributed by atoms with van der Waals surface area (Å²) in [7, 11) is 0. The first kappa shape index (κ1) is 12.7. The van der Waals surface area contributed by atoms with Gasteiger partial charge in [0, 0.05) is 6.04 Å². The van der Waals surface area contributed by atoms with Crippen molar-refractivity contribution < 1.29 is 0 Å². The zero-order valence-electron chi connectivity index (χ0n) is 9.91. The second kappa shape index (κ2) is 5.43. The van der Waals surface area contributed by atoms with Crippen LogP contribution in [0.25, 0.3) is 0 Å². The zero-order valence-corrected chi connectivity index (χ0v) is 9.91. The van der Waals surface area contributed by atoms with Gasteiger partial charge >= 0.3 is 0 Å². The maximum atomic E-state index is 4.07. The van der Waals surface area contributed by atoms with E-state index in [4.69, 9.17) is 0 Å². The van der Waals surface area contributed by atoms with Crippen LogP contribution in [0.5, 0.6) is 0 Å². The molecule has 78 valence electrons. The van der Waals surface area contributed by atoms with Gasteiger partial charge in [-0.15, -0.1) is 0 Å². The fourth-order valence-corrected chi connectivity index (χ4v) is 1.36. The van der Waals surface area contributed by atoms with Crippen LogP contribution in [0.3, 0.4) is 0 Å². The molecule has 0 fully saturated rings. The first-order valence-corrected chi connectivity index (χ1v) is 5.31. The van der Waals surface area contributed by atoms with Gasteiger partial charge in [0.1, 0.15) is 0 Å². The molecular formula is C12H25N. The monoisotopic (exact) mass is 183 g/mol. The first-order chi connectivity index (χ1) is 5.91. The molecule has 0 rings (SSSR count). The summed E-state index contributed by atoms with van der Waals surface area (Å²) in [6.45, 7) is 16.3. The summed E-state index contributed by atoms with van der Waals surface area (Å²) >= 11 is 0. The molecule has 0 aliphatic carbocycles. The molecule has 13 heavy (non-hydrogen) atoms. The van der Waals surface area contributed by atoms with E-state index in [0.29, 0.717) is 11.5 Å². The Labute approximate surface area is 83.6 Å². The fraction of sp³-hybridized carbons (Fsp3) is 0.833. The molecule has 0 radical (unpaired) electrons. The SMILES string of the molecule is C=C(CC)CC(NCC)C(C)(C)C. The van der Waals surface area contributed by atoms with Gasteiger partial charge in [0.05, 0.1) is 0 Å². The highest BCUT2D eigenvalue weighted by atomic mass is 14.9. The van der Waals surface area contributed by atoms with Crippen molar-refractivity contribution in [3.63, 3.8) is 0 Å². The zero-order chi connectivity index (χ0) is 10.5. The van der Waals surface area contributed by atoms with Gasteiger partial charge in [0.2, 0.25) is 0 Å². The Morgan fingerprint density at radius 2 is 1.85 bits per heavy atom. The predicted molar refractivity (Wildman–Crippen MR) is 61.0 cm³/mol. The third-order valence-corrected chi connectivity index (χ3v) is 2.49. The largest absolute Gasteiger partial charge is 0.313 e. The molecule has 0 bridgehead atoms. The van der Waals surface area contributed by atoms with Gasteiger partial charge in [0.15, 0.2) is 0 Å². The summed E-state index contributed by atoms with van der Waals surface area (Å²) in [6, 6.07) is 0.560. The number of hydrogen-bond donors (Lipinski definition) is 1. The van der Waals surface area contributed by atoms with Crippen molar-refractivity contribution in [1.82, 2.24) is 5.32 Å². The van der Waals surface area contributed by atoms with Crippen molar-refractivity contribution in [1.29, 1.82) is 0 Å². The highest BCUT2D eigenvalue weighted by Gasteiger charge is 2.23. The van der Waals surface area contributed by atoms with Crippen LogP contribution in [-0.2, 0) is 0 Å². The molecule has 0 saturated heterocycles. The molecule has 1 nitrogen and oxygen atoms in total. The Morgan fingerprint density at radius 3 is 2.15 bits per heavy atom.